The van der Waals surface area contributed by atoms with Crippen molar-refractivity contribution in [2.45, 2.75) is 44.6 Å². The lowest BCUT2D eigenvalue weighted by Gasteiger charge is -2.38. The Hall–Kier alpha value is -2.26. The van der Waals surface area contributed by atoms with Crippen LogP contribution in [0.15, 0.2) is 48.6 Å². The Bertz CT molecular complexity index is 925. The first-order valence-electron chi connectivity index (χ1n) is 9.36. The van der Waals surface area contributed by atoms with E-state index in [2.05, 4.69) is 62.5 Å². The lowest BCUT2D eigenvalue weighted by molar-refractivity contribution is 0.0695. The van der Waals surface area contributed by atoms with Crippen LogP contribution in [0.5, 0.6) is 0 Å². The summed E-state index contributed by atoms with van der Waals surface area (Å²) < 4.78 is 0. The summed E-state index contributed by atoms with van der Waals surface area (Å²) in [6.07, 6.45) is 5.23. The normalized spacial score (nSPS) is 23.5. The highest BCUT2D eigenvalue weighted by atomic mass is 35.5. The third-order valence-corrected chi connectivity index (χ3v) is 6.15. The molecule has 0 saturated carbocycles. The van der Waals surface area contributed by atoms with Crippen molar-refractivity contribution in [1.82, 2.24) is 0 Å². The van der Waals surface area contributed by atoms with Crippen LogP contribution in [0.2, 0.25) is 5.02 Å². The molecule has 4 heteroatoms. The topological polar surface area (TPSA) is 49.3 Å². The molecule has 0 amide bonds. The number of aromatic carboxylic acids is 1. The lowest BCUT2D eigenvalue weighted by Crippen LogP contribution is -2.30. The number of rotatable bonds is 2. The van der Waals surface area contributed by atoms with Crippen LogP contribution in [0, 0.1) is 5.92 Å². The summed E-state index contributed by atoms with van der Waals surface area (Å²) in [6.45, 7) is 6.63. The summed E-state index contributed by atoms with van der Waals surface area (Å²) in [4.78, 5) is 11.8. The van der Waals surface area contributed by atoms with E-state index >= 15 is 0 Å². The van der Waals surface area contributed by atoms with Gasteiger partial charge in [0.2, 0.25) is 0 Å². The van der Waals surface area contributed by atoms with Crippen LogP contribution in [-0.2, 0) is 5.41 Å². The van der Waals surface area contributed by atoms with Crippen LogP contribution >= 0.6 is 11.6 Å². The van der Waals surface area contributed by atoms with Crippen molar-refractivity contribution in [3.8, 4) is 0 Å². The van der Waals surface area contributed by atoms with E-state index in [0.717, 1.165) is 17.7 Å². The predicted octanol–water partition coefficient (Wildman–Crippen LogP) is 6.16. The number of nitrogens with one attached hydrogen (secondary N) is 1. The molecule has 0 unspecified atom stereocenters. The Labute approximate surface area is 165 Å². The second-order valence-electron chi connectivity index (χ2n) is 8.54. The van der Waals surface area contributed by atoms with Crippen molar-refractivity contribution in [1.29, 1.82) is 0 Å². The van der Waals surface area contributed by atoms with Crippen molar-refractivity contribution >= 4 is 23.3 Å². The molecule has 2 N–H and O–H groups in total. The van der Waals surface area contributed by atoms with Gasteiger partial charge < -0.3 is 10.4 Å². The molecule has 0 bridgehead atoms. The third kappa shape index (κ3) is 3.04. The van der Waals surface area contributed by atoms with Crippen molar-refractivity contribution in [3.63, 3.8) is 0 Å². The molecule has 3 nitrogen and oxygen atoms in total. The molecule has 140 valence electrons. The fourth-order valence-corrected chi connectivity index (χ4v) is 4.60. The van der Waals surface area contributed by atoms with E-state index in [4.69, 9.17) is 11.6 Å². The van der Waals surface area contributed by atoms with Gasteiger partial charge >= 0.3 is 5.97 Å². The molecule has 1 aliphatic carbocycles. The largest absolute Gasteiger partial charge is 0.478 e. The van der Waals surface area contributed by atoms with Gasteiger partial charge in [-0.15, -0.1) is 0 Å². The SMILES string of the molecule is CC(C)(C)c1ccc([C@@H]2Nc3c(Cl)ccc(C(=O)O)c3[C@@H]3C=CC[C@@H]32)cc1. The molecular formula is C23H24ClNO2. The summed E-state index contributed by atoms with van der Waals surface area (Å²) >= 11 is 6.47. The number of halogens is 1. The molecule has 2 aromatic carbocycles. The first kappa shape index (κ1) is 18.1. The lowest BCUT2D eigenvalue weighted by atomic mass is 9.75. The highest BCUT2D eigenvalue weighted by molar-refractivity contribution is 6.33. The molecule has 1 heterocycles. The average Bonchev–Trinajstić information content (AvgIpc) is 3.10. The molecule has 27 heavy (non-hydrogen) atoms. The fraction of sp³-hybridized carbons (Fsp3) is 0.348. The molecule has 0 fully saturated rings. The molecule has 3 atom stereocenters. The van der Waals surface area contributed by atoms with Gasteiger partial charge in [-0.3, -0.25) is 0 Å². The summed E-state index contributed by atoms with van der Waals surface area (Å²) in [5.74, 6) is -0.551. The highest BCUT2D eigenvalue weighted by Gasteiger charge is 2.40. The summed E-state index contributed by atoms with van der Waals surface area (Å²) in [7, 11) is 0. The number of allylic oxidation sites excluding steroid dienone is 2. The molecule has 1 aliphatic heterocycles. The highest BCUT2D eigenvalue weighted by Crippen LogP contribution is 2.52. The second-order valence-corrected chi connectivity index (χ2v) is 8.94. The quantitative estimate of drug-likeness (QED) is 0.612. The van der Waals surface area contributed by atoms with E-state index < -0.39 is 5.97 Å². The van der Waals surface area contributed by atoms with Gasteiger partial charge in [-0.2, -0.15) is 0 Å². The van der Waals surface area contributed by atoms with Crippen molar-refractivity contribution in [2.75, 3.05) is 5.32 Å². The maximum absolute atomic E-state index is 11.8. The van der Waals surface area contributed by atoms with E-state index in [1.165, 1.54) is 11.1 Å². The third-order valence-electron chi connectivity index (χ3n) is 5.84. The number of hydrogen-bond acceptors (Lipinski definition) is 2. The Morgan fingerprint density at radius 2 is 1.85 bits per heavy atom. The number of anilines is 1. The molecular weight excluding hydrogens is 358 g/mol. The summed E-state index contributed by atoms with van der Waals surface area (Å²) in [5.41, 5.74) is 4.54. The van der Waals surface area contributed by atoms with Crippen LogP contribution in [-0.4, -0.2) is 11.1 Å². The van der Waals surface area contributed by atoms with Crippen LogP contribution in [0.3, 0.4) is 0 Å². The van der Waals surface area contributed by atoms with Gasteiger partial charge in [0.1, 0.15) is 0 Å². The van der Waals surface area contributed by atoms with Crippen LogP contribution in [0.1, 0.15) is 66.2 Å². The number of fused-ring (bicyclic) bond motifs is 3. The van der Waals surface area contributed by atoms with Gasteiger partial charge in [-0.25, -0.2) is 4.79 Å². The van der Waals surface area contributed by atoms with Gasteiger partial charge in [0.05, 0.1) is 22.3 Å². The zero-order chi connectivity index (χ0) is 19.3. The number of carboxylic acids is 1. The van der Waals surface area contributed by atoms with Crippen LogP contribution in [0.25, 0.3) is 0 Å². The van der Waals surface area contributed by atoms with Gasteiger partial charge in [-0.05, 0) is 46.6 Å². The van der Waals surface area contributed by atoms with Gasteiger partial charge in [-0.1, -0.05) is 68.8 Å². The number of benzene rings is 2. The Balaban J connectivity index is 1.79. The number of hydrogen-bond donors (Lipinski definition) is 2. The molecule has 2 aliphatic rings. The van der Waals surface area contributed by atoms with Crippen molar-refractivity contribution < 1.29 is 9.90 Å². The smallest absolute Gasteiger partial charge is 0.336 e. The first-order chi connectivity index (χ1) is 12.8. The fourth-order valence-electron chi connectivity index (χ4n) is 4.38. The average molecular weight is 382 g/mol. The van der Waals surface area contributed by atoms with Crippen LogP contribution < -0.4 is 5.32 Å². The van der Waals surface area contributed by atoms with Crippen molar-refractivity contribution in [2.24, 2.45) is 5.92 Å². The van der Waals surface area contributed by atoms with Crippen molar-refractivity contribution in [3.05, 3.63) is 75.8 Å². The molecule has 0 radical (unpaired) electrons. The van der Waals surface area contributed by atoms with E-state index in [-0.39, 0.29) is 23.3 Å². The minimum absolute atomic E-state index is 0.0679. The molecule has 0 saturated heterocycles. The summed E-state index contributed by atoms with van der Waals surface area (Å²) in [5, 5.41) is 13.8. The van der Waals surface area contributed by atoms with E-state index in [1.807, 2.05) is 0 Å². The molecule has 0 aromatic heterocycles. The predicted molar refractivity (Wildman–Crippen MR) is 110 cm³/mol. The monoisotopic (exact) mass is 381 g/mol. The molecule has 4 rings (SSSR count). The Kier molecular flexibility index (Phi) is 4.31. The van der Waals surface area contributed by atoms with E-state index in [1.54, 1.807) is 12.1 Å². The Morgan fingerprint density at radius 1 is 1.15 bits per heavy atom. The maximum atomic E-state index is 11.8. The Morgan fingerprint density at radius 3 is 2.48 bits per heavy atom. The molecule has 2 aromatic rings. The van der Waals surface area contributed by atoms with E-state index in [0.29, 0.717) is 10.6 Å². The van der Waals surface area contributed by atoms with Gasteiger partial charge in [0.25, 0.3) is 0 Å². The van der Waals surface area contributed by atoms with Crippen LogP contribution in [0.4, 0.5) is 5.69 Å². The molecule has 0 spiro atoms. The zero-order valence-corrected chi connectivity index (χ0v) is 16.5. The summed E-state index contributed by atoms with van der Waals surface area (Å²) in [6, 6.07) is 12.2. The minimum atomic E-state index is -0.906. The first-order valence-corrected chi connectivity index (χ1v) is 9.74. The maximum Gasteiger partial charge on any atom is 0.336 e. The standard InChI is InChI=1S/C23H24ClNO2/c1-23(2,3)14-9-7-13(8-10-14)20-16-6-4-5-15(16)19-17(22(26)27)11-12-18(24)21(19)25-20/h4-5,7-12,15-16,20,25H,6H2,1-3H3,(H,26,27)/t15-,16+,20+/m1/s1. The number of carbonyl (C=O) groups is 1. The zero-order valence-electron chi connectivity index (χ0n) is 15.8. The van der Waals surface area contributed by atoms with Gasteiger partial charge in [0, 0.05) is 5.92 Å². The number of carboxylic acid groups (broad SMARTS) is 1. The van der Waals surface area contributed by atoms with E-state index in [9.17, 15) is 9.90 Å². The minimum Gasteiger partial charge on any atom is -0.478 e. The second kappa shape index (κ2) is 6.42. The van der Waals surface area contributed by atoms with Gasteiger partial charge in [0.15, 0.2) is 0 Å².